The van der Waals surface area contributed by atoms with Gasteiger partial charge in [-0.3, -0.25) is 79.5 Å². The number of amides is 4. The van der Waals surface area contributed by atoms with Crippen molar-refractivity contribution >= 4 is 46.6 Å². The van der Waals surface area contributed by atoms with E-state index in [1.54, 1.807) is 122 Å². The third-order valence-electron chi connectivity index (χ3n) is 16.2. The zero-order valence-corrected chi connectivity index (χ0v) is 61.7. The Morgan fingerprint density at radius 2 is 0.527 bits per heavy atom. The van der Waals surface area contributed by atoms with Gasteiger partial charge in [-0.15, -0.1) is 0 Å². The van der Waals surface area contributed by atoms with Crippen LogP contribution in [0.3, 0.4) is 0 Å². The number of hydrazine groups is 2. The average molecular weight is 1470 g/mol. The number of benzene rings is 4. The highest BCUT2D eigenvalue weighted by Crippen LogP contribution is 2.26. The summed E-state index contributed by atoms with van der Waals surface area (Å²) in [5.41, 5.74) is 18.8. The van der Waals surface area contributed by atoms with Crippen molar-refractivity contribution in [3.05, 3.63) is 384 Å². The minimum atomic E-state index is -0.482. The number of pyridine rings is 8. The summed E-state index contributed by atoms with van der Waals surface area (Å²) in [6.45, 7) is 4.35. The van der Waals surface area contributed by atoms with Crippen LogP contribution < -0.4 is 33.4 Å². The summed E-state index contributed by atoms with van der Waals surface area (Å²) in [6.07, 6.45) is 25.6. The molecule has 110 heavy (non-hydrogen) atoms. The molecule has 12 rings (SSSR count). The number of ketones is 2. The molecule has 0 radical (unpaired) electrons. The Balaban J connectivity index is 0.000000190. The van der Waals surface area contributed by atoms with E-state index >= 15 is 0 Å². The van der Waals surface area contributed by atoms with Gasteiger partial charge in [0.1, 0.15) is 34.2 Å². The molecule has 0 fully saturated rings. The van der Waals surface area contributed by atoms with E-state index in [0.717, 1.165) is 47.9 Å². The molecule has 0 spiro atoms. The molecule has 0 bridgehead atoms. The van der Waals surface area contributed by atoms with Crippen molar-refractivity contribution in [3.63, 3.8) is 0 Å². The average Bonchev–Trinajstić information content (AvgIpc) is 0.845. The maximum atomic E-state index is 13.3. The number of nitrogens with one attached hydrogen (secondary N) is 4. The minimum absolute atomic E-state index is 0.0542. The Morgan fingerprint density at radius 3 is 0.782 bits per heavy atom. The van der Waals surface area contributed by atoms with E-state index < -0.39 is 5.92 Å². The largest absolute Gasteiger partial charge is 0.294 e. The van der Waals surface area contributed by atoms with Gasteiger partial charge in [0.15, 0.2) is 0 Å². The molecule has 4 amide bonds. The standard InChI is InChI=1S/C25H20N4O.C19H24N4O.C14H14N2O.2C11H8N2O.C8H18N2O/c30-25(23(19-11-3-1-4-12-19)20-13-5-2-6-14-20)29-28-24(21-15-7-9-17-26-21)22-16-8-10-18-27-22;1-2-3-4-5-6-13-18(24)22-23-19(16-11-7-9-14-20-16)17-12-8-10-15-21-17;15-16-14(17)13(11-7-3-1-4-8-11)12-9-5-2-6-10-12;2*14-11(9-5-1-3-7-12-9)10-6-2-4-8-13-10;1-2-3-4-5-6-7-8(11)10-9/h1-18,23H,(H,29,30);7-12,14-15H,2-6,13H2,1H3,(H,22,24);1-10,13H,15H2,(H,16,17);2*1-8H;2-7,9H2,1H3,(H,10,11). The second-order valence-electron chi connectivity index (χ2n) is 24.2. The van der Waals surface area contributed by atoms with E-state index in [1.807, 2.05) is 194 Å². The Morgan fingerprint density at radius 1 is 0.282 bits per heavy atom. The maximum absolute atomic E-state index is 13.3. The van der Waals surface area contributed by atoms with E-state index in [4.69, 9.17) is 11.7 Å². The third kappa shape index (κ3) is 29.8. The van der Waals surface area contributed by atoms with Gasteiger partial charge in [0.2, 0.25) is 29.3 Å². The van der Waals surface area contributed by atoms with Crippen molar-refractivity contribution < 1.29 is 28.8 Å². The number of unbranched alkanes of at least 4 members (excludes halogenated alkanes) is 8. The number of hydrogen-bond acceptors (Lipinski definition) is 18. The van der Waals surface area contributed by atoms with Crippen LogP contribution in [0.2, 0.25) is 0 Å². The smallest absolute Gasteiger partial charge is 0.252 e. The molecule has 0 aliphatic rings. The van der Waals surface area contributed by atoms with Crippen LogP contribution in [0.25, 0.3) is 0 Å². The van der Waals surface area contributed by atoms with Crippen LogP contribution >= 0.6 is 0 Å². The summed E-state index contributed by atoms with van der Waals surface area (Å²) >= 11 is 0. The Kier molecular flexibility index (Phi) is 38.2. The van der Waals surface area contributed by atoms with Crippen molar-refractivity contribution in [3.8, 4) is 0 Å². The molecule has 4 aromatic carbocycles. The molecule has 0 aliphatic heterocycles. The van der Waals surface area contributed by atoms with Gasteiger partial charge in [0.05, 0.1) is 34.6 Å². The summed E-state index contributed by atoms with van der Waals surface area (Å²) < 4.78 is 0. The summed E-state index contributed by atoms with van der Waals surface area (Å²) in [5, 5.41) is 8.70. The van der Waals surface area contributed by atoms with Crippen LogP contribution in [0, 0.1) is 0 Å². The van der Waals surface area contributed by atoms with E-state index in [1.165, 1.54) is 38.5 Å². The fraction of sp³-hybridized carbons (Fsp3) is 0.182. The van der Waals surface area contributed by atoms with Crippen LogP contribution in [0.15, 0.2) is 327 Å². The number of rotatable bonds is 28. The maximum Gasteiger partial charge on any atom is 0.252 e. The number of hydrogen-bond donors (Lipinski definition) is 6. The SMILES string of the molecule is CCCCCCCC(=O)NN.CCCCCCCC(=O)NN=C(c1ccccn1)c1ccccn1.NNC(=O)C(c1ccccc1)c1ccccc1.O=C(NN=C(c1ccccn1)c1ccccn1)C(c1ccccc1)c1ccccc1.O=C(c1ccccn1)c1ccccn1.O=C(c1ccccn1)c1ccccn1. The van der Waals surface area contributed by atoms with Gasteiger partial charge in [0.25, 0.3) is 5.91 Å². The Bertz CT molecular complexity index is 4300. The molecule has 0 saturated heterocycles. The second-order valence-corrected chi connectivity index (χ2v) is 24.2. The zero-order valence-electron chi connectivity index (χ0n) is 61.7. The first-order valence-electron chi connectivity index (χ1n) is 36.4. The molecule has 560 valence electrons. The van der Waals surface area contributed by atoms with Gasteiger partial charge in [-0.1, -0.05) is 235 Å². The fourth-order valence-corrected chi connectivity index (χ4v) is 10.6. The summed E-state index contributed by atoms with van der Waals surface area (Å²) in [5.74, 6) is 8.47. The number of hydrazone groups is 2. The van der Waals surface area contributed by atoms with E-state index in [2.05, 4.69) is 85.6 Å². The number of carbonyl (C=O) groups is 6. The third-order valence-corrected chi connectivity index (χ3v) is 16.2. The molecular weight excluding hydrogens is 1380 g/mol. The topological polar surface area (TPSA) is 330 Å². The highest BCUT2D eigenvalue weighted by molar-refractivity contribution is 6.11. The molecule has 0 aliphatic carbocycles. The van der Waals surface area contributed by atoms with Crippen LogP contribution in [-0.4, -0.2) is 86.5 Å². The molecule has 0 saturated carbocycles. The predicted octanol–water partition coefficient (Wildman–Crippen LogP) is 14.4. The quantitative estimate of drug-likeness (QED) is 0.00663. The normalized spacial score (nSPS) is 10.1. The van der Waals surface area contributed by atoms with Crippen molar-refractivity contribution in [1.29, 1.82) is 0 Å². The lowest BCUT2D eigenvalue weighted by Crippen LogP contribution is -2.35. The number of nitrogens with zero attached hydrogens (tertiary/aromatic N) is 10. The lowest BCUT2D eigenvalue weighted by atomic mass is 9.91. The molecule has 22 heteroatoms. The molecule has 12 aromatic rings. The van der Waals surface area contributed by atoms with Crippen molar-refractivity contribution in [2.75, 3.05) is 0 Å². The Labute approximate surface area is 642 Å². The first-order chi connectivity index (χ1) is 54.0. The summed E-state index contributed by atoms with van der Waals surface area (Å²) in [6, 6.07) is 81.7. The second kappa shape index (κ2) is 50.1. The molecule has 8 heterocycles. The number of nitrogens with two attached hydrogens (primary N) is 2. The number of aromatic nitrogens is 8. The van der Waals surface area contributed by atoms with Crippen molar-refractivity contribution in [1.82, 2.24) is 61.6 Å². The molecule has 0 unspecified atom stereocenters. The summed E-state index contributed by atoms with van der Waals surface area (Å²) in [7, 11) is 0. The van der Waals surface area contributed by atoms with E-state index in [0.29, 0.717) is 69.8 Å². The monoisotopic (exact) mass is 1470 g/mol. The van der Waals surface area contributed by atoms with Gasteiger partial charge in [-0.05, 0) is 132 Å². The highest BCUT2D eigenvalue weighted by atomic mass is 16.2. The fourth-order valence-electron chi connectivity index (χ4n) is 10.6. The van der Waals surface area contributed by atoms with Crippen LogP contribution in [0.1, 0.15) is 180 Å². The van der Waals surface area contributed by atoms with Gasteiger partial charge in [0, 0.05) is 62.4 Å². The predicted molar refractivity (Wildman–Crippen MR) is 429 cm³/mol. The minimum Gasteiger partial charge on any atom is -0.294 e. The molecule has 8 N–H and O–H groups in total. The van der Waals surface area contributed by atoms with Gasteiger partial charge in [-0.25, -0.2) is 22.5 Å². The van der Waals surface area contributed by atoms with Crippen molar-refractivity contribution in [2.45, 2.75) is 103 Å². The highest BCUT2D eigenvalue weighted by Gasteiger charge is 2.24. The van der Waals surface area contributed by atoms with Crippen LogP contribution in [-0.2, 0) is 19.2 Å². The first kappa shape index (κ1) is 83.8. The summed E-state index contributed by atoms with van der Waals surface area (Å²) in [4.78, 5) is 104. The van der Waals surface area contributed by atoms with Crippen molar-refractivity contribution in [2.24, 2.45) is 21.9 Å². The van der Waals surface area contributed by atoms with Crippen LogP contribution in [0.5, 0.6) is 0 Å². The van der Waals surface area contributed by atoms with E-state index in [9.17, 15) is 28.8 Å². The Hall–Kier alpha value is -13.4. The molecule has 8 aromatic heterocycles. The lowest BCUT2D eigenvalue weighted by molar-refractivity contribution is -0.122. The lowest BCUT2D eigenvalue weighted by Gasteiger charge is -2.16. The van der Waals surface area contributed by atoms with Crippen LogP contribution in [0.4, 0.5) is 0 Å². The number of carbonyl (C=O) groups excluding carboxylic acids is 6. The first-order valence-corrected chi connectivity index (χ1v) is 36.4. The zero-order chi connectivity index (χ0) is 77.9. The molecular formula is C88H92N16O6. The molecule has 0 atom stereocenters. The van der Waals surface area contributed by atoms with E-state index in [-0.39, 0.29) is 41.1 Å². The van der Waals surface area contributed by atoms with Gasteiger partial charge >= 0.3 is 0 Å². The van der Waals surface area contributed by atoms with Gasteiger partial charge in [-0.2, -0.15) is 10.2 Å². The molecule has 22 nitrogen and oxygen atoms in total. The van der Waals surface area contributed by atoms with Gasteiger partial charge < -0.3 is 0 Å².